The lowest BCUT2D eigenvalue weighted by Crippen LogP contribution is -2.33. The second kappa shape index (κ2) is 6.21. The molecule has 0 radical (unpaired) electrons. The Morgan fingerprint density at radius 2 is 1.96 bits per heavy atom. The number of hydrogen-bond donors (Lipinski definition) is 2. The number of nitrogens with zero attached hydrogens (tertiary/aromatic N) is 4. The van der Waals surface area contributed by atoms with Crippen molar-refractivity contribution in [2.75, 3.05) is 0 Å². The van der Waals surface area contributed by atoms with E-state index in [1.807, 2.05) is 39.8 Å². The molecule has 9 heteroatoms. The first-order valence-corrected chi connectivity index (χ1v) is 9.38. The van der Waals surface area contributed by atoms with Gasteiger partial charge in [0.1, 0.15) is 21.7 Å². The molecule has 8 nitrogen and oxygen atoms in total. The number of rotatable bonds is 3. The van der Waals surface area contributed by atoms with Crippen LogP contribution in [-0.2, 0) is 4.79 Å². The van der Waals surface area contributed by atoms with E-state index in [2.05, 4.69) is 10.1 Å². The first kappa shape index (κ1) is 17.7. The molecule has 1 amide bonds. The van der Waals surface area contributed by atoms with Crippen molar-refractivity contribution in [2.45, 2.75) is 44.0 Å². The highest BCUT2D eigenvalue weighted by Crippen LogP contribution is 2.46. The molecule has 0 saturated heterocycles. The summed E-state index contributed by atoms with van der Waals surface area (Å²) < 4.78 is 7.57. The molecule has 0 aromatic carbocycles. The predicted molar refractivity (Wildman–Crippen MR) is 102 cm³/mol. The third-order valence-electron chi connectivity index (χ3n) is 4.68. The van der Waals surface area contributed by atoms with Gasteiger partial charge in [0.25, 0.3) is 5.95 Å². The number of amides is 1. The molecule has 0 spiro atoms. The first-order chi connectivity index (χ1) is 12.8. The van der Waals surface area contributed by atoms with Crippen molar-refractivity contribution in [3.63, 3.8) is 0 Å². The number of aryl methyl sites for hydroxylation is 4. The largest absolute Gasteiger partial charge is 0.459 e. The number of fused-ring (bicyclic) bond motifs is 1. The average Bonchev–Trinajstić information content (AvgIpc) is 3.23. The minimum Gasteiger partial charge on any atom is -0.459 e. The molecule has 0 saturated carbocycles. The van der Waals surface area contributed by atoms with E-state index in [0.717, 1.165) is 22.7 Å². The summed E-state index contributed by atoms with van der Waals surface area (Å²) in [5, 5.41) is 4.50. The van der Waals surface area contributed by atoms with Gasteiger partial charge in [-0.05, 0) is 45.4 Å². The Hall–Kier alpha value is -2.65. The van der Waals surface area contributed by atoms with Gasteiger partial charge < -0.3 is 15.9 Å². The zero-order valence-electron chi connectivity index (χ0n) is 15.5. The lowest BCUT2D eigenvalue weighted by Gasteiger charge is -2.13. The van der Waals surface area contributed by atoms with Gasteiger partial charge in [-0.2, -0.15) is 5.10 Å². The molecule has 2 unspecified atom stereocenters. The molecular formula is C18H20N6O2S. The molecule has 4 rings (SSSR count). The highest BCUT2D eigenvalue weighted by molar-refractivity contribution is 8.01. The van der Waals surface area contributed by atoms with Crippen molar-refractivity contribution in [1.82, 2.24) is 19.7 Å². The highest BCUT2D eigenvalue weighted by atomic mass is 32.2. The fraction of sp³-hybridized carbons (Fsp3) is 0.333. The van der Waals surface area contributed by atoms with Gasteiger partial charge in [-0.3, -0.25) is 4.79 Å². The van der Waals surface area contributed by atoms with Crippen LogP contribution in [0.1, 0.15) is 34.3 Å². The molecule has 1 aliphatic heterocycles. The molecule has 140 valence electrons. The summed E-state index contributed by atoms with van der Waals surface area (Å²) in [6.45, 7) is 7.70. The van der Waals surface area contributed by atoms with Gasteiger partial charge in [0.05, 0.1) is 11.7 Å². The van der Waals surface area contributed by atoms with E-state index in [1.165, 1.54) is 11.8 Å². The number of primary amides is 1. The number of hydrogen-bond acceptors (Lipinski definition) is 7. The van der Waals surface area contributed by atoms with Crippen LogP contribution in [0.3, 0.4) is 0 Å². The monoisotopic (exact) mass is 384 g/mol. The maximum atomic E-state index is 11.8. The van der Waals surface area contributed by atoms with E-state index in [1.54, 1.807) is 4.68 Å². The lowest BCUT2D eigenvalue weighted by molar-refractivity contribution is -0.117. The Kier molecular flexibility index (Phi) is 4.08. The summed E-state index contributed by atoms with van der Waals surface area (Å²) in [5.74, 6) is 1.32. The van der Waals surface area contributed by atoms with E-state index in [4.69, 9.17) is 20.9 Å². The fourth-order valence-electron chi connectivity index (χ4n) is 3.21. The van der Waals surface area contributed by atoms with Crippen molar-refractivity contribution in [3.8, 4) is 17.4 Å². The van der Waals surface area contributed by atoms with E-state index >= 15 is 0 Å². The summed E-state index contributed by atoms with van der Waals surface area (Å²) in [6, 6.07) is 3.26. The van der Waals surface area contributed by atoms with Crippen molar-refractivity contribution >= 4 is 17.7 Å². The number of thioether (sulfide) groups is 1. The minimum atomic E-state index is -0.599. The van der Waals surface area contributed by atoms with Crippen LogP contribution in [0.15, 0.2) is 21.6 Å². The van der Waals surface area contributed by atoms with Crippen LogP contribution in [-0.4, -0.2) is 30.9 Å². The van der Waals surface area contributed by atoms with Gasteiger partial charge in [-0.15, -0.1) is 0 Å². The molecule has 4 heterocycles. The zero-order chi connectivity index (χ0) is 19.5. The Balaban J connectivity index is 1.96. The third-order valence-corrected chi connectivity index (χ3v) is 5.99. The Morgan fingerprint density at radius 1 is 1.22 bits per heavy atom. The molecule has 3 aromatic rings. The lowest BCUT2D eigenvalue weighted by atomic mass is 10.0. The van der Waals surface area contributed by atoms with Gasteiger partial charge in [-0.1, -0.05) is 11.8 Å². The summed E-state index contributed by atoms with van der Waals surface area (Å²) in [6.07, 6.45) is 0. The van der Waals surface area contributed by atoms with Crippen LogP contribution >= 0.6 is 11.8 Å². The minimum absolute atomic E-state index is 0.408. The van der Waals surface area contributed by atoms with Crippen molar-refractivity contribution in [2.24, 2.45) is 11.5 Å². The third kappa shape index (κ3) is 2.83. The average molecular weight is 384 g/mol. The smallest absolute Gasteiger partial charge is 0.252 e. The van der Waals surface area contributed by atoms with Gasteiger partial charge in [0.15, 0.2) is 5.76 Å². The quantitative estimate of drug-likeness (QED) is 0.662. The van der Waals surface area contributed by atoms with Crippen LogP contribution in [0.25, 0.3) is 17.4 Å². The van der Waals surface area contributed by atoms with E-state index in [0.29, 0.717) is 28.0 Å². The van der Waals surface area contributed by atoms with Gasteiger partial charge >= 0.3 is 0 Å². The van der Waals surface area contributed by atoms with Gasteiger partial charge in [0.2, 0.25) is 5.91 Å². The normalized spacial score (nSPS) is 18.7. The molecule has 4 N–H and O–H groups in total. The molecule has 0 bridgehead atoms. The maximum absolute atomic E-state index is 11.8. The van der Waals surface area contributed by atoms with E-state index in [9.17, 15) is 4.79 Å². The zero-order valence-corrected chi connectivity index (χ0v) is 16.3. The molecule has 0 aliphatic carbocycles. The van der Waals surface area contributed by atoms with Crippen molar-refractivity contribution in [1.29, 1.82) is 0 Å². The first-order valence-electron chi connectivity index (χ1n) is 8.50. The van der Waals surface area contributed by atoms with Crippen LogP contribution in [0.4, 0.5) is 0 Å². The SMILES string of the molecule is Cc1cc(C)n(-c2nc3c(c(-c4cc(C)c(C)o4)n2)C(N)C(C(N)=O)S3)n1. The number of carbonyl (C=O) groups is 1. The molecule has 2 atom stereocenters. The van der Waals surface area contributed by atoms with Crippen LogP contribution in [0.2, 0.25) is 0 Å². The van der Waals surface area contributed by atoms with Gasteiger partial charge in [0, 0.05) is 11.3 Å². The van der Waals surface area contributed by atoms with Crippen molar-refractivity contribution < 1.29 is 9.21 Å². The second-order valence-corrected chi connectivity index (χ2v) is 7.88. The highest BCUT2D eigenvalue weighted by Gasteiger charge is 2.39. The molecule has 27 heavy (non-hydrogen) atoms. The predicted octanol–water partition coefficient (Wildman–Crippen LogP) is 2.12. The van der Waals surface area contributed by atoms with Gasteiger partial charge in [-0.25, -0.2) is 14.6 Å². The van der Waals surface area contributed by atoms with Crippen LogP contribution in [0.5, 0.6) is 0 Å². The summed E-state index contributed by atoms with van der Waals surface area (Å²) >= 11 is 1.26. The Labute approximate surface area is 160 Å². The van der Waals surface area contributed by atoms with Crippen LogP contribution < -0.4 is 11.5 Å². The topological polar surface area (TPSA) is 126 Å². The van der Waals surface area contributed by atoms with Crippen LogP contribution in [0, 0.1) is 27.7 Å². The summed E-state index contributed by atoms with van der Waals surface area (Å²) in [7, 11) is 0. The van der Waals surface area contributed by atoms with Crippen molar-refractivity contribution in [3.05, 3.63) is 40.4 Å². The van der Waals surface area contributed by atoms with E-state index < -0.39 is 17.2 Å². The summed E-state index contributed by atoms with van der Waals surface area (Å²) in [4.78, 5) is 21.2. The number of furan rings is 1. The Bertz CT molecular complexity index is 1050. The maximum Gasteiger partial charge on any atom is 0.252 e. The second-order valence-electron chi connectivity index (χ2n) is 6.75. The number of aromatic nitrogens is 4. The molecular weight excluding hydrogens is 364 g/mol. The van der Waals surface area contributed by atoms with E-state index in [-0.39, 0.29) is 0 Å². The number of nitrogens with two attached hydrogens (primary N) is 2. The summed E-state index contributed by atoms with van der Waals surface area (Å²) in [5.41, 5.74) is 15.9. The molecule has 1 aliphatic rings. The molecule has 0 fully saturated rings. The number of carbonyl (C=O) groups excluding carboxylic acids is 1. The Morgan fingerprint density at radius 3 is 2.52 bits per heavy atom. The fourth-order valence-corrected chi connectivity index (χ4v) is 4.35. The molecule has 3 aromatic heterocycles. The standard InChI is InChI=1S/C18H20N6O2S/c1-7-5-11(26-10(7)4)14-12-13(19)15(16(20)25)27-17(12)22-18(21-14)24-9(3)6-8(2)23-24/h5-6,13,15H,19H2,1-4H3,(H2,20,25).